The number of hydrogen-bond donors (Lipinski definition) is 3. The Labute approximate surface area is 156 Å². The third kappa shape index (κ3) is 9.91. The summed E-state index contributed by atoms with van der Waals surface area (Å²) in [6.07, 6.45) is 0. The molecule has 12 heteroatoms. The van der Waals surface area contributed by atoms with E-state index >= 15 is 0 Å². The minimum Gasteiger partial charge on any atom is -0.399 e. The number of nitrogen functional groups attached to an aromatic ring is 1. The van der Waals surface area contributed by atoms with Gasteiger partial charge in [0.2, 0.25) is 0 Å². The molecule has 1 amide bonds. The number of anilines is 1. The Hall–Kier alpha value is -0.690. The Balaban J connectivity index is 0.00000484. The number of nitrogens with two attached hydrogens (primary N) is 1. The van der Waals surface area contributed by atoms with Crippen LogP contribution in [0.5, 0.6) is 0 Å². The van der Waals surface area contributed by atoms with Crippen molar-refractivity contribution in [3.05, 3.63) is 29.8 Å². The number of amides is 1. The molecule has 0 aliphatic heterocycles. The molecule has 0 saturated heterocycles. The summed E-state index contributed by atoms with van der Waals surface area (Å²) in [5, 5.41) is 2.41. The number of nitrogens with one attached hydrogen (secondary N) is 1. The summed E-state index contributed by atoms with van der Waals surface area (Å²) in [6.45, 7) is -0.829. The molecular weight excluding hydrogens is 359 g/mol. The molecule has 0 saturated carbocycles. The SMILES string of the molecule is Nc1ccc(C(=O)NCCS(=O)(=O)CCOS(=O)(=O)O)cc1.[Na]. The normalized spacial score (nSPS) is 11.5. The quantitative estimate of drug-likeness (QED) is 0.292. The maximum Gasteiger partial charge on any atom is 0.397 e. The molecule has 1 aromatic carbocycles. The summed E-state index contributed by atoms with van der Waals surface area (Å²) in [7, 11) is -8.29. The van der Waals surface area contributed by atoms with Gasteiger partial charge in [-0.25, -0.2) is 12.6 Å². The Morgan fingerprint density at radius 1 is 1.13 bits per heavy atom. The zero-order valence-electron chi connectivity index (χ0n) is 12.4. The van der Waals surface area contributed by atoms with Crippen molar-refractivity contribution in [3.8, 4) is 0 Å². The molecule has 1 radical (unpaired) electrons. The minimum atomic E-state index is -4.66. The van der Waals surface area contributed by atoms with Crippen molar-refractivity contribution < 1.29 is 30.4 Å². The average Bonchev–Trinajstić information content (AvgIpc) is 2.37. The number of carbonyl (C=O) groups is 1. The maximum atomic E-state index is 11.7. The van der Waals surface area contributed by atoms with Crippen LogP contribution in [0.15, 0.2) is 24.3 Å². The maximum absolute atomic E-state index is 11.7. The molecule has 0 atom stereocenters. The fourth-order valence-electron chi connectivity index (χ4n) is 1.42. The molecule has 0 aliphatic rings. The molecule has 125 valence electrons. The van der Waals surface area contributed by atoms with Crippen molar-refractivity contribution in [2.45, 2.75) is 0 Å². The van der Waals surface area contributed by atoms with Gasteiger partial charge in [0, 0.05) is 47.4 Å². The smallest absolute Gasteiger partial charge is 0.397 e. The predicted molar refractivity (Wildman–Crippen MR) is 85.1 cm³/mol. The molecule has 23 heavy (non-hydrogen) atoms. The van der Waals surface area contributed by atoms with Crippen LogP contribution in [0.2, 0.25) is 0 Å². The molecule has 0 spiro atoms. The largest absolute Gasteiger partial charge is 0.399 e. The van der Waals surface area contributed by atoms with Gasteiger partial charge in [0.1, 0.15) is 0 Å². The summed E-state index contributed by atoms with van der Waals surface area (Å²) in [5.41, 5.74) is 6.31. The second kappa shape index (κ2) is 9.57. The molecule has 0 fully saturated rings. The monoisotopic (exact) mass is 375 g/mol. The van der Waals surface area contributed by atoms with Gasteiger partial charge in [-0.3, -0.25) is 9.35 Å². The molecule has 1 aromatic rings. The fraction of sp³-hybridized carbons (Fsp3) is 0.364. The number of carbonyl (C=O) groups excluding carboxylic acids is 1. The Morgan fingerprint density at radius 3 is 2.22 bits per heavy atom. The van der Waals surface area contributed by atoms with Gasteiger partial charge in [-0.1, -0.05) is 0 Å². The van der Waals surface area contributed by atoms with Gasteiger partial charge in [0.05, 0.1) is 18.1 Å². The van der Waals surface area contributed by atoms with Crippen LogP contribution in [0.25, 0.3) is 0 Å². The van der Waals surface area contributed by atoms with E-state index in [1.807, 2.05) is 0 Å². The van der Waals surface area contributed by atoms with Crippen molar-refractivity contribution in [3.63, 3.8) is 0 Å². The Bertz CT molecular complexity index is 717. The molecule has 9 nitrogen and oxygen atoms in total. The van der Waals surface area contributed by atoms with E-state index in [0.717, 1.165) is 0 Å². The Morgan fingerprint density at radius 2 is 1.70 bits per heavy atom. The molecule has 0 aliphatic carbocycles. The van der Waals surface area contributed by atoms with E-state index < -0.39 is 38.5 Å². The number of benzene rings is 1. The van der Waals surface area contributed by atoms with Gasteiger partial charge in [-0.05, 0) is 24.3 Å². The van der Waals surface area contributed by atoms with Crippen LogP contribution in [0.4, 0.5) is 5.69 Å². The summed E-state index contributed by atoms with van der Waals surface area (Å²) < 4.78 is 55.9. The second-order valence-corrected chi connectivity index (χ2v) is 7.67. The zero-order chi connectivity index (χ0) is 16.8. The van der Waals surface area contributed by atoms with Crippen LogP contribution in [-0.4, -0.2) is 81.5 Å². The summed E-state index contributed by atoms with van der Waals surface area (Å²) >= 11 is 0. The van der Waals surface area contributed by atoms with Crippen LogP contribution >= 0.6 is 0 Å². The van der Waals surface area contributed by atoms with E-state index in [9.17, 15) is 21.6 Å². The van der Waals surface area contributed by atoms with Gasteiger partial charge in [0.15, 0.2) is 9.84 Å². The molecule has 0 bridgehead atoms. The van der Waals surface area contributed by atoms with Crippen molar-refractivity contribution >= 4 is 61.4 Å². The van der Waals surface area contributed by atoms with Gasteiger partial charge < -0.3 is 11.1 Å². The molecule has 1 rings (SSSR count). The van der Waals surface area contributed by atoms with Crippen LogP contribution < -0.4 is 11.1 Å². The zero-order valence-corrected chi connectivity index (χ0v) is 16.1. The van der Waals surface area contributed by atoms with Gasteiger partial charge in [-0.15, -0.1) is 0 Å². The molecule has 0 unspecified atom stereocenters. The van der Waals surface area contributed by atoms with Crippen molar-refractivity contribution in [2.75, 3.05) is 30.4 Å². The van der Waals surface area contributed by atoms with Crippen molar-refractivity contribution in [2.24, 2.45) is 0 Å². The standard InChI is InChI=1S/C11H16N2O7S2.Na/c12-10-3-1-9(2-4-10)11(14)13-5-7-21(15,16)8-6-20-22(17,18)19;/h1-4H,5-8,12H2,(H,13,14)(H,17,18,19);. The molecule has 4 N–H and O–H groups in total. The van der Waals surface area contributed by atoms with E-state index in [2.05, 4.69) is 9.50 Å². The average molecular weight is 375 g/mol. The van der Waals surface area contributed by atoms with Crippen molar-refractivity contribution in [1.29, 1.82) is 0 Å². The van der Waals surface area contributed by atoms with E-state index in [-0.39, 0.29) is 41.9 Å². The summed E-state index contributed by atoms with van der Waals surface area (Å²) in [5.74, 6) is -1.43. The summed E-state index contributed by atoms with van der Waals surface area (Å²) in [4.78, 5) is 11.7. The fourth-order valence-corrected chi connectivity index (χ4v) is 2.78. The van der Waals surface area contributed by atoms with E-state index in [1.165, 1.54) is 12.1 Å². The minimum absolute atomic E-state index is 0. The number of rotatable bonds is 8. The van der Waals surface area contributed by atoms with Crippen LogP contribution in [0.3, 0.4) is 0 Å². The van der Waals surface area contributed by atoms with E-state index in [0.29, 0.717) is 11.3 Å². The van der Waals surface area contributed by atoms with E-state index in [1.54, 1.807) is 12.1 Å². The van der Waals surface area contributed by atoms with Crippen LogP contribution in [-0.2, 0) is 24.4 Å². The first kappa shape index (κ1) is 22.3. The van der Waals surface area contributed by atoms with E-state index in [4.69, 9.17) is 10.3 Å². The van der Waals surface area contributed by atoms with Gasteiger partial charge >= 0.3 is 10.4 Å². The van der Waals surface area contributed by atoms with Crippen molar-refractivity contribution in [1.82, 2.24) is 5.32 Å². The second-order valence-electron chi connectivity index (χ2n) is 4.28. The molecule has 0 heterocycles. The van der Waals surface area contributed by atoms with Crippen LogP contribution in [0, 0.1) is 0 Å². The molecular formula is C11H16N2NaO7S2. The third-order valence-corrected chi connectivity index (χ3v) is 4.58. The number of sulfone groups is 1. The summed E-state index contributed by atoms with van der Waals surface area (Å²) in [6, 6.07) is 6.08. The Kier molecular flexibility index (Phi) is 9.28. The van der Waals surface area contributed by atoms with Gasteiger partial charge in [-0.2, -0.15) is 8.42 Å². The van der Waals surface area contributed by atoms with Crippen LogP contribution in [0.1, 0.15) is 10.4 Å². The molecule has 0 aromatic heterocycles. The first-order chi connectivity index (χ1) is 10.1. The topological polar surface area (TPSA) is 153 Å². The third-order valence-electron chi connectivity index (χ3n) is 2.50. The predicted octanol–water partition coefficient (Wildman–Crippen LogP) is -1.15. The van der Waals surface area contributed by atoms with Gasteiger partial charge in [0.25, 0.3) is 5.91 Å². The number of hydrogen-bond acceptors (Lipinski definition) is 7. The first-order valence-electron chi connectivity index (χ1n) is 6.05. The first-order valence-corrected chi connectivity index (χ1v) is 9.24.